The Balaban J connectivity index is 1.71. The van der Waals surface area contributed by atoms with E-state index in [2.05, 4.69) is 5.32 Å². The first-order chi connectivity index (χ1) is 13.8. The fraction of sp³-hybridized carbons (Fsp3) is 0.619. The molecule has 1 N–H and O–H groups in total. The highest BCUT2D eigenvalue weighted by atomic mass is 32.2. The summed E-state index contributed by atoms with van der Waals surface area (Å²) in [5.74, 6) is -1.01. The van der Waals surface area contributed by atoms with Gasteiger partial charge in [0.1, 0.15) is 0 Å². The number of piperidine rings is 1. The molecule has 0 spiro atoms. The maximum absolute atomic E-state index is 12.9. The number of aryl methyl sites for hydroxylation is 1. The molecule has 160 valence electrons. The van der Waals surface area contributed by atoms with Crippen molar-refractivity contribution in [2.24, 2.45) is 0 Å². The SMILES string of the molecule is Cc1ccc(S(=O)(=O)N2CCCCC2)cc1C(=O)O[C@H](C)C(=O)NC1CCCC1. The molecule has 8 heteroatoms. The van der Waals surface area contributed by atoms with Crippen LogP contribution in [0.3, 0.4) is 0 Å². The Hall–Kier alpha value is -1.93. The van der Waals surface area contributed by atoms with Gasteiger partial charge in [-0.25, -0.2) is 13.2 Å². The van der Waals surface area contributed by atoms with Crippen molar-refractivity contribution in [1.82, 2.24) is 9.62 Å². The summed E-state index contributed by atoms with van der Waals surface area (Å²) in [7, 11) is -3.65. The van der Waals surface area contributed by atoms with Gasteiger partial charge in [-0.3, -0.25) is 4.79 Å². The Kier molecular flexibility index (Phi) is 6.95. The van der Waals surface area contributed by atoms with Crippen molar-refractivity contribution >= 4 is 21.9 Å². The zero-order chi connectivity index (χ0) is 21.0. The van der Waals surface area contributed by atoms with Crippen LogP contribution in [0.15, 0.2) is 23.1 Å². The van der Waals surface area contributed by atoms with Gasteiger partial charge in [0.15, 0.2) is 6.10 Å². The maximum atomic E-state index is 12.9. The summed E-state index contributed by atoms with van der Waals surface area (Å²) in [4.78, 5) is 25.0. The van der Waals surface area contributed by atoms with Crippen molar-refractivity contribution in [3.8, 4) is 0 Å². The van der Waals surface area contributed by atoms with Crippen molar-refractivity contribution in [2.75, 3.05) is 13.1 Å². The summed E-state index contributed by atoms with van der Waals surface area (Å²) >= 11 is 0. The van der Waals surface area contributed by atoms with E-state index in [-0.39, 0.29) is 22.4 Å². The van der Waals surface area contributed by atoms with E-state index < -0.39 is 22.1 Å². The second-order valence-corrected chi connectivity index (χ2v) is 9.92. The number of carbonyl (C=O) groups excluding carboxylic acids is 2. The third-order valence-electron chi connectivity index (χ3n) is 5.74. The molecular weight excluding hydrogens is 392 g/mol. The average molecular weight is 423 g/mol. The number of nitrogens with one attached hydrogen (secondary N) is 1. The summed E-state index contributed by atoms with van der Waals surface area (Å²) in [5.41, 5.74) is 0.777. The largest absolute Gasteiger partial charge is 0.449 e. The van der Waals surface area contributed by atoms with Crippen LogP contribution in [0.4, 0.5) is 0 Å². The lowest BCUT2D eigenvalue weighted by Crippen LogP contribution is -2.41. The van der Waals surface area contributed by atoms with Gasteiger partial charge in [0.2, 0.25) is 10.0 Å². The van der Waals surface area contributed by atoms with Crippen LogP contribution in [-0.4, -0.2) is 49.8 Å². The van der Waals surface area contributed by atoms with Crippen LogP contribution in [-0.2, 0) is 19.6 Å². The molecule has 7 nitrogen and oxygen atoms in total. The van der Waals surface area contributed by atoms with Crippen LogP contribution < -0.4 is 5.32 Å². The van der Waals surface area contributed by atoms with Gasteiger partial charge in [0.25, 0.3) is 5.91 Å². The van der Waals surface area contributed by atoms with Gasteiger partial charge in [0.05, 0.1) is 10.5 Å². The first kappa shape index (κ1) is 21.8. The normalized spacial score (nSPS) is 19.7. The molecule has 3 rings (SSSR count). The van der Waals surface area contributed by atoms with E-state index in [9.17, 15) is 18.0 Å². The van der Waals surface area contributed by atoms with Gasteiger partial charge in [-0.1, -0.05) is 25.3 Å². The summed E-state index contributed by atoms with van der Waals surface area (Å²) in [6.07, 6.45) is 5.85. The topological polar surface area (TPSA) is 92.8 Å². The highest BCUT2D eigenvalue weighted by molar-refractivity contribution is 7.89. The molecule has 2 fully saturated rings. The monoisotopic (exact) mass is 422 g/mol. The van der Waals surface area contributed by atoms with E-state index in [0.29, 0.717) is 18.7 Å². The average Bonchev–Trinajstić information content (AvgIpc) is 3.21. The van der Waals surface area contributed by atoms with Crippen molar-refractivity contribution in [2.45, 2.75) is 75.8 Å². The fourth-order valence-corrected chi connectivity index (χ4v) is 5.45. The minimum Gasteiger partial charge on any atom is -0.449 e. The number of rotatable bonds is 6. The van der Waals surface area contributed by atoms with Crippen LogP contribution >= 0.6 is 0 Å². The molecule has 1 amide bonds. The lowest BCUT2D eigenvalue weighted by Gasteiger charge is -2.26. The molecule has 0 aromatic heterocycles. The molecule has 1 aromatic rings. The lowest BCUT2D eigenvalue weighted by molar-refractivity contribution is -0.129. The Morgan fingerprint density at radius 1 is 1.10 bits per heavy atom. The number of carbonyl (C=O) groups is 2. The van der Waals surface area contributed by atoms with Gasteiger partial charge in [-0.2, -0.15) is 4.31 Å². The van der Waals surface area contributed by atoms with Gasteiger partial charge < -0.3 is 10.1 Å². The van der Waals surface area contributed by atoms with E-state index in [1.54, 1.807) is 13.0 Å². The van der Waals surface area contributed by atoms with E-state index in [1.165, 1.54) is 23.4 Å². The molecule has 1 aliphatic carbocycles. The minimum absolute atomic E-state index is 0.0833. The minimum atomic E-state index is -3.65. The lowest BCUT2D eigenvalue weighted by atomic mass is 10.1. The number of hydrogen-bond donors (Lipinski definition) is 1. The number of ether oxygens (including phenoxy) is 1. The standard InChI is InChI=1S/C21H30N2O5S/c1-15-10-11-18(29(26,27)23-12-6-3-7-13-23)14-19(15)21(25)28-16(2)20(24)22-17-8-4-5-9-17/h10-11,14,16-17H,3-9,12-13H2,1-2H3,(H,22,24)/t16-/m1/s1. The molecule has 2 aliphatic rings. The first-order valence-electron chi connectivity index (χ1n) is 10.4. The van der Waals surface area contributed by atoms with Crippen molar-refractivity contribution in [3.63, 3.8) is 0 Å². The van der Waals surface area contributed by atoms with Gasteiger partial charge >= 0.3 is 5.97 Å². The van der Waals surface area contributed by atoms with Crippen LogP contribution in [0.25, 0.3) is 0 Å². The number of nitrogens with zero attached hydrogens (tertiary/aromatic N) is 1. The number of benzene rings is 1. The number of sulfonamides is 1. The molecule has 1 aromatic carbocycles. The Morgan fingerprint density at radius 3 is 2.41 bits per heavy atom. The number of hydrogen-bond acceptors (Lipinski definition) is 5. The van der Waals surface area contributed by atoms with Crippen LogP contribution in [0.5, 0.6) is 0 Å². The van der Waals surface area contributed by atoms with Gasteiger partial charge in [0, 0.05) is 19.1 Å². The molecule has 1 heterocycles. The molecule has 0 bridgehead atoms. The maximum Gasteiger partial charge on any atom is 0.339 e. The second-order valence-electron chi connectivity index (χ2n) is 7.98. The second kappa shape index (κ2) is 9.26. The zero-order valence-corrected chi connectivity index (χ0v) is 18.0. The van der Waals surface area contributed by atoms with Gasteiger partial charge in [-0.15, -0.1) is 0 Å². The molecule has 1 saturated carbocycles. The molecule has 0 radical (unpaired) electrons. The molecule has 0 unspecified atom stereocenters. The highest BCUT2D eigenvalue weighted by Crippen LogP contribution is 2.23. The summed E-state index contributed by atoms with van der Waals surface area (Å²) in [5, 5.41) is 2.91. The Labute approximate surface area is 172 Å². The predicted octanol–water partition coefficient (Wildman–Crippen LogP) is 2.77. The van der Waals surface area contributed by atoms with Crippen LogP contribution in [0.1, 0.15) is 67.8 Å². The van der Waals surface area contributed by atoms with Crippen LogP contribution in [0.2, 0.25) is 0 Å². The molecule has 1 atom stereocenters. The fourth-order valence-electron chi connectivity index (χ4n) is 3.90. The Bertz CT molecular complexity index is 856. The van der Waals surface area contributed by atoms with Crippen molar-refractivity contribution in [1.29, 1.82) is 0 Å². The summed E-state index contributed by atoms with van der Waals surface area (Å²) < 4.78 is 32.6. The van der Waals surface area contributed by atoms with Gasteiger partial charge in [-0.05, 0) is 57.2 Å². The van der Waals surface area contributed by atoms with Crippen molar-refractivity contribution in [3.05, 3.63) is 29.3 Å². The van der Waals surface area contributed by atoms with E-state index in [4.69, 9.17) is 4.74 Å². The Morgan fingerprint density at radius 2 is 1.76 bits per heavy atom. The third kappa shape index (κ3) is 5.17. The van der Waals surface area contributed by atoms with E-state index in [0.717, 1.165) is 44.9 Å². The molecular formula is C21H30N2O5S. The molecule has 29 heavy (non-hydrogen) atoms. The van der Waals surface area contributed by atoms with Crippen LogP contribution in [0, 0.1) is 6.92 Å². The highest BCUT2D eigenvalue weighted by Gasteiger charge is 2.28. The number of amides is 1. The van der Waals surface area contributed by atoms with E-state index >= 15 is 0 Å². The van der Waals surface area contributed by atoms with E-state index in [1.807, 2.05) is 0 Å². The number of esters is 1. The first-order valence-corrected chi connectivity index (χ1v) is 11.8. The zero-order valence-electron chi connectivity index (χ0n) is 17.1. The molecule has 1 saturated heterocycles. The van der Waals surface area contributed by atoms with Crippen molar-refractivity contribution < 1.29 is 22.7 Å². The molecule has 1 aliphatic heterocycles. The quantitative estimate of drug-likeness (QED) is 0.712. The smallest absolute Gasteiger partial charge is 0.339 e. The summed E-state index contributed by atoms with van der Waals surface area (Å²) in [6, 6.07) is 4.63. The summed E-state index contributed by atoms with van der Waals surface area (Å²) in [6.45, 7) is 4.24. The third-order valence-corrected chi connectivity index (χ3v) is 7.63. The predicted molar refractivity (Wildman–Crippen MR) is 109 cm³/mol.